The predicted octanol–water partition coefficient (Wildman–Crippen LogP) is -0.106. The van der Waals surface area contributed by atoms with Crippen molar-refractivity contribution < 1.29 is 14.7 Å². The zero-order valence-corrected chi connectivity index (χ0v) is 7.26. The van der Waals surface area contributed by atoms with Crippen LogP contribution in [0.5, 0.6) is 0 Å². The average Bonchev–Trinajstić information content (AvgIpc) is 1.87. The Morgan fingerprint density at radius 1 is 1.45 bits per heavy atom. The van der Waals surface area contributed by atoms with Crippen molar-refractivity contribution in [2.45, 2.75) is 25.1 Å². The van der Waals surface area contributed by atoms with Crippen LogP contribution in [0.2, 0.25) is 0 Å². The number of carbonyl (C=O) groups is 2. The van der Waals surface area contributed by atoms with Crippen LogP contribution in [-0.4, -0.2) is 28.3 Å². The van der Waals surface area contributed by atoms with E-state index in [4.69, 9.17) is 5.11 Å². The first-order valence-electron chi connectivity index (χ1n) is 3.16. The van der Waals surface area contributed by atoms with Crippen molar-refractivity contribution >= 4 is 24.5 Å². The minimum atomic E-state index is -1.05. The second-order valence-corrected chi connectivity index (χ2v) is 3.02. The summed E-state index contributed by atoms with van der Waals surface area (Å²) in [6.45, 7) is 2.98. The van der Waals surface area contributed by atoms with Gasteiger partial charge in [0.1, 0.15) is 6.04 Å². The highest BCUT2D eigenvalue weighted by atomic mass is 32.1. The van der Waals surface area contributed by atoms with Crippen molar-refractivity contribution in [3.05, 3.63) is 0 Å². The molecule has 0 saturated heterocycles. The predicted molar refractivity (Wildman–Crippen MR) is 43.7 cm³/mol. The zero-order chi connectivity index (χ0) is 9.02. The molecular formula is C6H11NO3S. The normalized spacial score (nSPS) is 15.2. The molecule has 0 heterocycles. The van der Waals surface area contributed by atoms with Crippen molar-refractivity contribution in [3.63, 3.8) is 0 Å². The molecule has 0 aromatic heterocycles. The molecule has 11 heavy (non-hydrogen) atoms. The second kappa shape index (κ2) is 4.23. The highest BCUT2D eigenvalue weighted by Crippen LogP contribution is 1.92. The number of rotatable bonds is 3. The minimum absolute atomic E-state index is 0.372. The van der Waals surface area contributed by atoms with Gasteiger partial charge in [0.15, 0.2) is 0 Å². The topological polar surface area (TPSA) is 66.4 Å². The highest BCUT2D eigenvalue weighted by molar-refractivity contribution is 7.81. The summed E-state index contributed by atoms with van der Waals surface area (Å²) in [6, 6.07) is -0.850. The van der Waals surface area contributed by atoms with E-state index in [2.05, 4.69) is 17.9 Å². The van der Waals surface area contributed by atoms with Gasteiger partial charge in [-0.3, -0.25) is 9.59 Å². The van der Waals surface area contributed by atoms with Crippen molar-refractivity contribution in [1.29, 1.82) is 0 Å². The number of amides is 1. The number of aliphatic carboxylic acids is 1. The van der Waals surface area contributed by atoms with Crippen LogP contribution in [0.1, 0.15) is 13.8 Å². The first-order chi connectivity index (χ1) is 4.95. The van der Waals surface area contributed by atoms with Gasteiger partial charge >= 0.3 is 5.97 Å². The number of carboxylic acid groups (broad SMARTS) is 1. The van der Waals surface area contributed by atoms with Gasteiger partial charge < -0.3 is 10.4 Å². The molecule has 0 aliphatic heterocycles. The number of thiol groups is 1. The standard InChI is InChI=1S/C6H11NO3S/c1-3(6(9)10)7-5(8)4(2)11/h3-4,11H,1-2H3,(H,7,8)(H,9,10)/t3-,4+/m1/s1. The fourth-order valence-electron chi connectivity index (χ4n) is 0.396. The number of carbonyl (C=O) groups excluding carboxylic acids is 1. The van der Waals surface area contributed by atoms with Gasteiger partial charge in [-0.2, -0.15) is 12.6 Å². The molecule has 0 aromatic rings. The van der Waals surface area contributed by atoms with Gasteiger partial charge in [-0.1, -0.05) is 0 Å². The van der Waals surface area contributed by atoms with Crippen LogP contribution in [0, 0.1) is 0 Å². The lowest BCUT2D eigenvalue weighted by Gasteiger charge is -2.10. The number of hydrogen-bond donors (Lipinski definition) is 3. The molecule has 1 amide bonds. The molecule has 0 radical (unpaired) electrons. The van der Waals surface area contributed by atoms with E-state index in [1.165, 1.54) is 6.92 Å². The molecule has 64 valence electrons. The Labute approximate surface area is 70.4 Å². The molecule has 0 spiro atoms. The molecule has 2 atom stereocenters. The Bertz CT molecular complexity index is 169. The molecular weight excluding hydrogens is 166 g/mol. The van der Waals surface area contributed by atoms with E-state index < -0.39 is 17.3 Å². The number of hydrogen-bond acceptors (Lipinski definition) is 3. The fraction of sp³-hybridized carbons (Fsp3) is 0.667. The summed E-state index contributed by atoms with van der Waals surface area (Å²) in [5.74, 6) is -1.42. The third-order valence-corrected chi connectivity index (χ3v) is 1.34. The van der Waals surface area contributed by atoms with Crippen LogP contribution in [0.25, 0.3) is 0 Å². The first kappa shape index (κ1) is 10.3. The summed E-state index contributed by atoms with van der Waals surface area (Å²) in [5.41, 5.74) is 0. The zero-order valence-electron chi connectivity index (χ0n) is 6.37. The van der Waals surface area contributed by atoms with Gasteiger partial charge in [0.05, 0.1) is 5.25 Å². The van der Waals surface area contributed by atoms with E-state index in [1.54, 1.807) is 6.92 Å². The first-order valence-corrected chi connectivity index (χ1v) is 3.68. The lowest BCUT2D eigenvalue weighted by atomic mass is 10.3. The Hall–Kier alpha value is -0.710. The minimum Gasteiger partial charge on any atom is -0.480 e. The van der Waals surface area contributed by atoms with Crippen molar-refractivity contribution in [3.8, 4) is 0 Å². The van der Waals surface area contributed by atoms with Gasteiger partial charge in [0.25, 0.3) is 0 Å². The van der Waals surface area contributed by atoms with E-state index >= 15 is 0 Å². The molecule has 0 fully saturated rings. The third-order valence-electron chi connectivity index (χ3n) is 1.11. The number of nitrogens with one attached hydrogen (secondary N) is 1. The van der Waals surface area contributed by atoms with Crippen molar-refractivity contribution in [1.82, 2.24) is 5.32 Å². The quantitative estimate of drug-likeness (QED) is 0.527. The van der Waals surface area contributed by atoms with Crippen LogP contribution in [0.3, 0.4) is 0 Å². The molecule has 2 N–H and O–H groups in total. The van der Waals surface area contributed by atoms with Crippen molar-refractivity contribution in [2.75, 3.05) is 0 Å². The fourth-order valence-corrected chi connectivity index (χ4v) is 0.470. The Morgan fingerprint density at radius 2 is 1.91 bits per heavy atom. The molecule has 0 aromatic carbocycles. The van der Waals surface area contributed by atoms with Gasteiger partial charge in [0, 0.05) is 0 Å². The second-order valence-electron chi connectivity index (χ2n) is 2.24. The summed E-state index contributed by atoms with van der Waals surface area (Å²) >= 11 is 3.83. The van der Waals surface area contributed by atoms with Crippen LogP contribution in [0.4, 0.5) is 0 Å². The smallest absolute Gasteiger partial charge is 0.325 e. The summed E-state index contributed by atoms with van der Waals surface area (Å²) in [5, 5.41) is 10.2. The molecule has 0 saturated carbocycles. The van der Waals surface area contributed by atoms with Gasteiger partial charge in [-0.25, -0.2) is 0 Å². The van der Waals surface area contributed by atoms with Gasteiger partial charge in [-0.15, -0.1) is 0 Å². The maximum Gasteiger partial charge on any atom is 0.325 e. The molecule has 0 unspecified atom stereocenters. The Balaban J connectivity index is 3.85. The van der Waals surface area contributed by atoms with Crippen LogP contribution in [-0.2, 0) is 9.59 Å². The van der Waals surface area contributed by atoms with Gasteiger partial charge in [-0.05, 0) is 13.8 Å². The maximum atomic E-state index is 10.8. The lowest BCUT2D eigenvalue weighted by molar-refractivity contribution is -0.141. The summed E-state index contributed by atoms with van der Waals surface area (Å²) in [7, 11) is 0. The third kappa shape index (κ3) is 3.87. The number of carboxylic acids is 1. The van der Waals surface area contributed by atoms with E-state index in [0.717, 1.165) is 0 Å². The Kier molecular flexibility index (Phi) is 3.95. The largest absolute Gasteiger partial charge is 0.480 e. The molecule has 0 bridgehead atoms. The van der Waals surface area contributed by atoms with Crippen LogP contribution < -0.4 is 5.32 Å². The van der Waals surface area contributed by atoms with E-state index in [9.17, 15) is 9.59 Å². The summed E-state index contributed by atoms with van der Waals surface area (Å²) < 4.78 is 0. The maximum absolute atomic E-state index is 10.8. The van der Waals surface area contributed by atoms with E-state index in [0.29, 0.717) is 0 Å². The monoisotopic (exact) mass is 177 g/mol. The van der Waals surface area contributed by atoms with Crippen LogP contribution >= 0.6 is 12.6 Å². The van der Waals surface area contributed by atoms with E-state index in [1.807, 2.05) is 0 Å². The molecule has 0 rings (SSSR count). The highest BCUT2D eigenvalue weighted by Gasteiger charge is 2.15. The van der Waals surface area contributed by atoms with Gasteiger partial charge in [0.2, 0.25) is 5.91 Å². The lowest BCUT2D eigenvalue weighted by Crippen LogP contribution is -2.41. The van der Waals surface area contributed by atoms with Crippen molar-refractivity contribution in [2.24, 2.45) is 0 Å². The SMILES string of the molecule is C[C@H](S)C(=O)N[C@H](C)C(=O)O. The van der Waals surface area contributed by atoms with E-state index in [-0.39, 0.29) is 5.91 Å². The van der Waals surface area contributed by atoms with Crippen LogP contribution in [0.15, 0.2) is 0 Å². The summed E-state index contributed by atoms with van der Waals surface area (Å²) in [4.78, 5) is 21.0. The summed E-state index contributed by atoms with van der Waals surface area (Å²) in [6.07, 6.45) is 0. The average molecular weight is 177 g/mol. The Morgan fingerprint density at radius 3 is 2.18 bits per heavy atom. The molecule has 5 heteroatoms. The molecule has 4 nitrogen and oxygen atoms in total. The molecule has 0 aliphatic carbocycles. The molecule has 0 aliphatic rings.